The van der Waals surface area contributed by atoms with Crippen LogP contribution in [-0.4, -0.2) is 23.4 Å². The average molecular weight is 302 g/mol. The minimum atomic E-state index is -0.632. The van der Waals surface area contributed by atoms with Crippen molar-refractivity contribution in [3.05, 3.63) is 34.2 Å². The second kappa shape index (κ2) is 4.60. The number of benzene rings is 1. The summed E-state index contributed by atoms with van der Waals surface area (Å²) < 4.78 is 17.3. The van der Waals surface area contributed by atoms with Gasteiger partial charge >= 0.3 is 12.7 Å². The van der Waals surface area contributed by atoms with Crippen LogP contribution >= 0.6 is 0 Å². The Morgan fingerprint density at radius 2 is 1.68 bits per heavy atom. The van der Waals surface area contributed by atoms with Crippen molar-refractivity contribution >= 4 is 23.6 Å². The lowest BCUT2D eigenvalue weighted by atomic mass is 9.74. The number of aromatic hydroxyl groups is 1. The summed E-state index contributed by atoms with van der Waals surface area (Å²) in [6.07, 6.45) is 0. The molecule has 2 aromatic rings. The van der Waals surface area contributed by atoms with Crippen molar-refractivity contribution in [3.8, 4) is 5.75 Å². The molecule has 0 saturated carbocycles. The Morgan fingerprint density at radius 3 is 2.27 bits per heavy atom. The van der Waals surface area contributed by atoms with Gasteiger partial charge in [0.05, 0.1) is 22.7 Å². The van der Waals surface area contributed by atoms with Gasteiger partial charge < -0.3 is 18.8 Å². The van der Waals surface area contributed by atoms with Gasteiger partial charge in [0.1, 0.15) is 11.3 Å². The fraction of sp³-hybridized carbons (Fsp3) is 0.438. The van der Waals surface area contributed by atoms with E-state index in [0.29, 0.717) is 16.4 Å². The molecule has 0 atom stereocenters. The topological polar surface area (TPSA) is 68.9 Å². The number of fused-ring (bicyclic) bond motifs is 1. The maximum absolute atomic E-state index is 11.4. The van der Waals surface area contributed by atoms with E-state index in [0.717, 1.165) is 11.6 Å². The summed E-state index contributed by atoms with van der Waals surface area (Å²) >= 11 is 0. The van der Waals surface area contributed by atoms with Crippen molar-refractivity contribution in [2.75, 3.05) is 0 Å². The van der Waals surface area contributed by atoms with Crippen LogP contribution in [0.4, 0.5) is 0 Å². The molecule has 22 heavy (non-hydrogen) atoms. The highest BCUT2D eigenvalue weighted by Gasteiger charge is 2.52. The van der Waals surface area contributed by atoms with Crippen LogP contribution in [0.3, 0.4) is 0 Å². The molecule has 116 valence electrons. The molecule has 1 aliphatic rings. The van der Waals surface area contributed by atoms with Crippen LogP contribution in [-0.2, 0) is 9.31 Å². The molecule has 1 aromatic heterocycles. The summed E-state index contributed by atoms with van der Waals surface area (Å²) in [6.45, 7) is 9.77. The zero-order valence-corrected chi connectivity index (χ0v) is 13.4. The van der Waals surface area contributed by atoms with E-state index in [-0.39, 0.29) is 5.75 Å². The molecule has 1 fully saturated rings. The molecule has 0 unspecified atom stereocenters. The molecule has 1 N–H and O–H groups in total. The first-order chi connectivity index (χ1) is 10.1. The van der Waals surface area contributed by atoms with Crippen LogP contribution in [0.2, 0.25) is 0 Å². The predicted octanol–water partition coefficient (Wildman–Crippen LogP) is 2.11. The maximum Gasteiger partial charge on any atom is 0.496 e. The van der Waals surface area contributed by atoms with Crippen molar-refractivity contribution in [2.45, 2.75) is 45.8 Å². The van der Waals surface area contributed by atoms with E-state index in [4.69, 9.17) is 13.7 Å². The Morgan fingerprint density at radius 1 is 1.09 bits per heavy atom. The lowest BCUT2D eigenvalue weighted by Crippen LogP contribution is -2.41. The van der Waals surface area contributed by atoms with Gasteiger partial charge in [-0.3, -0.25) is 0 Å². The minimum absolute atomic E-state index is 0.125. The fourth-order valence-corrected chi connectivity index (χ4v) is 2.64. The standard InChI is InChI=1S/C16H19BO5/c1-9-6-7-11-13(10(18)8-12(19)20-11)14(9)17-21-15(2,3)16(4,5)22-17/h6-8,18H,1-5H3. The summed E-state index contributed by atoms with van der Waals surface area (Å²) in [5.41, 5.74) is 0.344. The van der Waals surface area contributed by atoms with Gasteiger partial charge in [0.2, 0.25) is 0 Å². The number of hydrogen-bond acceptors (Lipinski definition) is 5. The van der Waals surface area contributed by atoms with Gasteiger partial charge in [-0.25, -0.2) is 4.79 Å². The average Bonchev–Trinajstić information content (AvgIpc) is 2.58. The molecule has 0 bridgehead atoms. The SMILES string of the molecule is Cc1ccc2oc(=O)cc(O)c2c1B1OC(C)(C)C(C)(C)O1. The first-order valence-corrected chi connectivity index (χ1v) is 7.24. The van der Waals surface area contributed by atoms with Crippen LogP contribution in [0.5, 0.6) is 5.75 Å². The van der Waals surface area contributed by atoms with E-state index < -0.39 is 23.9 Å². The molecule has 0 aliphatic carbocycles. The number of aryl methyl sites for hydroxylation is 1. The van der Waals surface area contributed by atoms with Crippen molar-refractivity contribution < 1.29 is 18.8 Å². The summed E-state index contributed by atoms with van der Waals surface area (Å²) in [6, 6.07) is 4.56. The van der Waals surface area contributed by atoms with E-state index in [1.807, 2.05) is 40.7 Å². The first kappa shape index (κ1) is 15.1. The third-order valence-electron chi connectivity index (χ3n) is 4.64. The molecule has 6 heteroatoms. The van der Waals surface area contributed by atoms with Crippen LogP contribution in [0.25, 0.3) is 11.0 Å². The van der Waals surface area contributed by atoms with Gasteiger partial charge in [0.25, 0.3) is 0 Å². The number of hydrogen-bond donors (Lipinski definition) is 1. The Hall–Kier alpha value is -1.79. The Bertz CT molecular complexity index is 790. The van der Waals surface area contributed by atoms with Crippen LogP contribution in [0.15, 0.2) is 27.4 Å². The molecule has 2 heterocycles. The molecule has 0 spiro atoms. The van der Waals surface area contributed by atoms with Crippen LogP contribution in [0, 0.1) is 6.92 Å². The Balaban J connectivity index is 2.24. The molecular weight excluding hydrogens is 283 g/mol. The highest BCUT2D eigenvalue weighted by atomic mass is 16.7. The molecule has 0 amide bonds. The second-order valence-corrected chi connectivity index (χ2v) is 6.71. The van der Waals surface area contributed by atoms with E-state index in [2.05, 4.69) is 0 Å². The summed E-state index contributed by atoms with van der Waals surface area (Å²) in [7, 11) is -0.632. The molecule has 1 aromatic carbocycles. The predicted molar refractivity (Wildman–Crippen MR) is 84.6 cm³/mol. The molecular formula is C16H19BO5. The van der Waals surface area contributed by atoms with Gasteiger partial charge in [-0.2, -0.15) is 0 Å². The molecule has 1 aliphatic heterocycles. The zero-order valence-electron chi connectivity index (χ0n) is 13.4. The maximum atomic E-state index is 11.4. The smallest absolute Gasteiger partial charge is 0.496 e. The van der Waals surface area contributed by atoms with Crippen molar-refractivity contribution in [3.63, 3.8) is 0 Å². The largest absolute Gasteiger partial charge is 0.507 e. The lowest BCUT2D eigenvalue weighted by Gasteiger charge is -2.32. The minimum Gasteiger partial charge on any atom is -0.507 e. The Labute approximate surface area is 129 Å². The normalized spacial score (nSPS) is 19.8. The summed E-state index contributed by atoms with van der Waals surface area (Å²) in [5, 5.41) is 10.7. The highest BCUT2D eigenvalue weighted by molar-refractivity contribution is 6.65. The van der Waals surface area contributed by atoms with Crippen molar-refractivity contribution in [1.82, 2.24) is 0 Å². The number of rotatable bonds is 1. The highest BCUT2D eigenvalue weighted by Crippen LogP contribution is 2.37. The van der Waals surface area contributed by atoms with E-state index >= 15 is 0 Å². The first-order valence-electron chi connectivity index (χ1n) is 7.24. The molecule has 5 nitrogen and oxygen atoms in total. The van der Waals surface area contributed by atoms with Crippen LogP contribution in [0.1, 0.15) is 33.3 Å². The monoisotopic (exact) mass is 302 g/mol. The van der Waals surface area contributed by atoms with Crippen molar-refractivity contribution in [2.24, 2.45) is 0 Å². The third kappa shape index (κ3) is 2.14. The van der Waals surface area contributed by atoms with Crippen LogP contribution < -0.4 is 11.1 Å². The fourth-order valence-electron chi connectivity index (χ4n) is 2.64. The quantitative estimate of drug-likeness (QED) is 0.645. The van der Waals surface area contributed by atoms with Crippen molar-refractivity contribution in [1.29, 1.82) is 0 Å². The lowest BCUT2D eigenvalue weighted by molar-refractivity contribution is 0.00578. The second-order valence-electron chi connectivity index (χ2n) is 6.71. The van der Waals surface area contributed by atoms with Gasteiger partial charge in [0, 0.05) is 5.46 Å². The molecule has 3 rings (SSSR count). The molecule has 1 saturated heterocycles. The van der Waals surface area contributed by atoms with Gasteiger partial charge in [-0.1, -0.05) is 11.6 Å². The molecule has 0 radical (unpaired) electrons. The van der Waals surface area contributed by atoms with E-state index in [1.54, 1.807) is 6.07 Å². The Kier molecular flexibility index (Phi) is 3.16. The third-order valence-corrected chi connectivity index (χ3v) is 4.64. The van der Waals surface area contributed by atoms with Gasteiger partial charge in [-0.05, 0) is 40.7 Å². The summed E-state index contributed by atoms with van der Waals surface area (Å²) in [5.74, 6) is -0.125. The van der Waals surface area contributed by atoms with Gasteiger partial charge in [-0.15, -0.1) is 0 Å². The zero-order chi connectivity index (χ0) is 16.3. The summed E-state index contributed by atoms with van der Waals surface area (Å²) in [4.78, 5) is 11.4. The van der Waals surface area contributed by atoms with Gasteiger partial charge in [0.15, 0.2) is 0 Å². The van der Waals surface area contributed by atoms with E-state index in [9.17, 15) is 9.90 Å². The van der Waals surface area contributed by atoms with E-state index in [1.165, 1.54) is 0 Å².